The van der Waals surface area contributed by atoms with E-state index in [2.05, 4.69) is 47.6 Å². The number of aliphatic imine (C=N–C) groups is 1. The van der Waals surface area contributed by atoms with Gasteiger partial charge in [0.2, 0.25) is 0 Å². The van der Waals surface area contributed by atoms with Gasteiger partial charge in [0.05, 0.1) is 5.41 Å². The molecule has 2 aromatic carbocycles. The van der Waals surface area contributed by atoms with Crippen molar-refractivity contribution in [2.75, 3.05) is 14.1 Å². The van der Waals surface area contributed by atoms with E-state index in [-0.39, 0.29) is 11.3 Å². The number of nitrogens with zero attached hydrogens (tertiary/aromatic N) is 1. The summed E-state index contributed by atoms with van der Waals surface area (Å²) in [5, 5.41) is 2.72. The van der Waals surface area contributed by atoms with Crippen molar-refractivity contribution in [3.63, 3.8) is 0 Å². The number of nitrogens with one attached hydrogen (secondary N) is 1. The molecule has 0 aliphatic heterocycles. The Bertz CT molecular complexity index is 872. The molecule has 0 spiro atoms. The van der Waals surface area contributed by atoms with Crippen LogP contribution in [0.15, 0.2) is 47.5 Å². The Balaban J connectivity index is 2.24. The van der Waals surface area contributed by atoms with Crippen LogP contribution in [0.3, 0.4) is 0 Å². The lowest BCUT2D eigenvalue weighted by atomic mass is 9.67. The molecule has 0 heterocycles. The fourth-order valence-corrected chi connectivity index (χ4v) is 4.44. The van der Waals surface area contributed by atoms with Crippen LogP contribution in [0.1, 0.15) is 52.4 Å². The van der Waals surface area contributed by atoms with Gasteiger partial charge in [-0.25, -0.2) is 0 Å². The normalized spacial score (nSPS) is 19.4. The third-order valence-electron chi connectivity index (χ3n) is 5.79. The number of aryl methyl sites for hydroxylation is 2. The summed E-state index contributed by atoms with van der Waals surface area (Å²) in [6.07, 6.45) is 4.63. The van der Waals surface area contributed by atoms with Crippen molar-refractivity contribution in [3.8, 4) is 0 Å². The molecule has 0 aromatic heterocycles. The van der Waals surface area contributed by atoms with Crippen molar-refractivity contribution in [1.29, 1.82) is 0 Å². The molecule has 4 heteroatoms. The number of amides is 1. The summed E-state index contributed by atoms with van der Waals surface area (Å²) in [6.45, 7) is 2.19. The van der Waals surface area contributed by atoms with Crippen LogP contribution >= 0.6 is 0 Å². The molecule has 1 amide bonds. The van der Waals surface area contributed by atoms with E-state index in [1.54, 1.807) is 14.1 Å². The fraction of sp³-hybridized carbons (Fsp3) is 0.391. The van der Waals surface area contributed by atoms with E-state index in [9.17, 15) is 4.79 Å². The molecule has 27 heavy (non-hydrogen) atoms. The Morgan fingerprint density at radius 2 is 1.85 bits per heavy atom. The summed E-state index contributed by atoms with van der Waals surface area (Å²) in [7, 11) is 3.44. The minimum absolute atomic E-state index is 0.0570. The summed E-state index contributed by atoms with van der Waals surface area (Å²) in [5.41, 5.74) is 12.0. The van der Waals surface area contributed by atoms with Gasteiger partial charge in [-0.1, -0.05) is 43.7 Å². The van der Waals surface area contributed by atoms with E-state index < -0.39 is 0 Å². The molecule has 1 aliphatic rings. The Morgan fingerprint density at radius 3 is 2.52 bits per heavy atom. The number of hydrogen-bond donors (Lipinski definition) is 2. The van der Waals surface area contributed by atoms with Crippen molar-refractivity contribution in [2.45, 2.75) is 44.4 Å². The van der Waals surface area contributed by atoms with Gasteiger partial charge in [0.15, 0.2) is 0 Å². The Hall–Kier alpha value is -2.62. The van der Waals surface area contributed by atoms with Crippen LogP contribution in [0, 0.1) is 0 Å². The van der Waals surface area contributed by atoms with Crippen LogP contribution in [0.5, 0.6) is 0 Å². The van der Waals surface area contributed by atoms with Gasteiger partial charge in [-0.3, -0.25) is 9.79 Å². The molecule has 1 atom stereocenters. The molecule has 3 rings (SSSR count). The van der Waals surface area contributed by atoms with Gasteiger partial charge in [0.25, 0.3) is 5.91 Å². The van der Waals surface area contributed by atoms with E-state index in [4.69, 9.17) is 5.73 Å². The molecule has 0 saturated carbocycles. The summed E-state index contributed by atoms with van der Waals surface area (Å²) in [4.78, 5) is 16.6. The van der Waals surface area contributed by atoms with Crippen molar-refractivity contribution in [3.05, 3.63) is 70.3 Å². The van der Waals surface area contributed by atoms with Crippen LogP contribution in [-0.4, -0.2) is 25.8 Å². The molecule has 4 nitrogen and oxygen atoms in total. The SMILES string of the molecule is CCCC1(C(N)=NC)Cc2ccccc2CCc2cc(C(=O)NC)ccc21. The second kappa shape index (κ2) is 7.95. The summed E-state index contributed by atoms with van der Waals surface area (Å²) < 4.78 is 0. The first-order valence-electron chi connectivity index (χ1n) is 9.70. The highest BCUT2D eigenvalue weighted by Gasteiger charge is 2.39. The maximum atomic E-state index is 12.2. The molecule has 0 fully saturated rings. The number of fused-ring (bicyclic) bond motifs is 2. The van der Waals surface area contributed by atoms with E-state index in [0.717, 1.165) is 32.1 Å². The molecule has 0 saturated heterocycles. The topological polar surface area (TPSA) is 67.5 Å². The first-order valence-corrected chi connectivity index (χ1v) is 9.70. The van der Waals surface area contributed by atoms with E-state index in [0.29, 0.717) is 11.4 Å². The maximum Gasteiger partial charge on any atom is 0.251 e. The quantitative estimate of drug-likeness (QED) is 0.646. The number of amidine groups is 1. The Morgan fingerprint density at radius 1 is 1.15 bits per heavy atom. The average molecular weight is 364 g/mol. The average Bonchev–Trinajstić information content (AvgIpc) is 2.70. The van der Waals surface area contributed by atoms with Gasteiger partial charge in [-0.15, -0.1) is 0 Å². The number of nitrogens with two attached hydrogens (primary N) is 1. The van der Waals surface area contributed by atoms with Gasteiger partial charge in [-0.2, -0.15) is 0 Å². The number of carbonyl (C=O) groups is 1. The van der Waals surface area contributed by atoms with Gasteiger partial charge in [0.1, 0.15) is 5.84 Å². The number of hydrogen-bond acceptors (Lipinski definition) is 2. The Labute approximate surface area is 161 Å². The van der Waals surface area contributed by atoms with Crippen molar-refractivity contribution in [2.24, 2.45) is 10.7 Å². The van der Waals surface area contributed by atoms with Crippen LogP contribution < -0.4 is 11.1 Å². The smallest absolute Gasteiger partial charge is 0.251 e. The van der Waals surface area contributed by atoms with Crippen molar-refractivity contribution < 1.29 is 4.79 Å². The zero-order chi connectivity index (χ0) is 19.4. The predicted molar refractivity (Wildman–Crippen MR) is 112 cm³/mol. The summed E-state index contributed by atoms with van der Waals surface area (Å²) in [6, 6.07) is 14.7. The van der Waals surface area contributed by atoms with Crippen LogP contribution in [0.2, 0.25) is 0 Å². The lowest BCUT2D eigenvalue weighted by Crippen LogP contribution is -2.45. The standard InChI is InChI=1S/C23H29N3O/c1-4-13-23(22(24)26-3)15-19-8-6-5-7-16(19)9-10-17-14-18(21(27)25-2)11-12-20(17)23/h5-8,11-12,14H,4,9-10,13,15H2,1-3H3,(H2,24,26)(H,25,27). The van der Waals surface area contributed by atoms with Crippen molar-refractivity contribution >= 4 is 11.7 Å². The maximum absolute atomic E-state index is 12.2. The third kappa shape index (κ3) is 3.48. The highest BCUT2D eigenvalue weighted by Crippen LogP contribution is 2.39. The minimum atomic E-state index is -0.337. The van der Waals surface area contributed by atoms with Crippen LogP contribution in [0.4, 0.5) is 0 Å². The number of carbonyl (C=O) groups excluding carboxylic acids is 1. The summed E-state index contributed by atoms with van der Waals surface area (Å²) >= 11 is 0. The monoisotopic (exact) mass is 363 g/mol. The second-order valence-corrected chi connectivity index (χ2v) is 7.34. The van der Waals surface area contributed by atoms with E-state index in [1.807, 2.05) is 12.1 Å². The summed E-state index contributed by atoms with van der Waals surface area (Å²) in [5.74, 6) is 0.619. The van der Waals surface area contributed by atoms with E-state index >= 15 is 0 Å². The first-order chi connectivity index (χ1) is 13.1. The second-order valence-electron chi connectivity index (χ2n) is 7.34. The molecule has 1 aliphatic carbocycles. The molecular formula is C23H29N3O. The molecule has 1 unspecified atom stereocenters. The largest absolute Gasteiger partial charge is 0.387 e. The Kier molecular flexibility index (Phi) is 5.64. The first kappa shape index (κ1) is 19.2. The van der Waals surface area contributed by atoms with Crippen molar-refractivity contribution in [1.82, 2.24) is 5.32 Å². The van der Waals surface area contributed by atoms with Gasteiger partial charge in [0, 0.05) is 19.7 Å². The van der Waals surface area contributed by atoms with Gasteiger partial charge >= 0.3 is 0 Å². The highest BCUT2D eigenvalue weighted by molar-refractivity contribution is 5.96. The fourth-order valence-electron chi connectivity index (χ4n) is 4.44. The highest BCUT2D eigenvalue weighted by atomic mass is 16.1. The molecule has 3 N–H and O–H groups in total. The molecule has 0 bridgehead atoms. The number of benzene rings is 2. The van der Waals surface area contributed by atoms with E-state index in [1.165, 1.54) is 22.3 Å². The lowest BCUT2D eigenvalue weighted by molar-refractivity contribution is 0.0963. The molecule has 2 aromatic rings. The van der Waals surface area contributed by atoms with Crippen LogP contribution in [-0.2, 0) is 24.7 Å². The lowest BCUT2D eigenvalue weighted by Gasteiger charge is -2.38. The zero-order valence-corrected chi connectivity index (χ0v) is 16.5. The van der Waals surface area contributed by atoms with Gasteiger partial charge < -0.3 is 11.1 Å². The van der Waals surface area contributed by atoms with Gasteiger partial charge in [-0.05, 0) is 60.1 Å². The number of rotatable bonds is 4. The third-order valence-corrected chi connectivity index (χ3v) is 5.79. The van der Waals surface area contributed by atoms with Crippen LogP contribution in [0.25, 0.3) is 0 Å². The predicted octanol–water partition coefficient (Wildman–Crippen LogP) is 3.41. The molecular weight excluding hydrogens is 334 g/mol. The minimum Gasteiger partial charge on any atom is -0.387 e. The zero-order valence-electron chi connectivity index (χ0n) is 16.5. The molecule has 142 valence electrons. The molecule has 0 radical (unpaired) electrons.